The van der Waals surface area contributed by atoms with Gasteiger partial charge in [0.1, 0.15) is 0 Å². The molecule has 1 heterocycles. The fourth-order valence-corrected chi connectivity index (χ4v) is 3.60. The van der Waals surface area contributed by atoms with Crippen molar-refractivity contribution in [2.75, 3.05) is 39.7 Å². The number of benzene rings is 2. The summed E-state index contributed by atoms with van der Waals surface area (Å²) in [5.74, 6) is 1.38. The van der Waals surface area contributed by atoms with E-state index in [0.717, 1.165) is 11.3 Å². The Balaban J connectivity index is 1.57. The van der Waals surface area contributed by atoms with Crippen LogP contribution in [0.2, 0.25) is 0 Å². The fraction of sp³-hybridized carbons (Fsp3) is 0.333. The molecule has 0 atom stereocenters. The quantitative estimate of drug-likeness (QED) is 0.687. The Morgan fingerprint density at radius 2 is 1.58 bits per heavy atom. The molecule has 164 valence electrons. The summed E-state index contributed by atoms with van der Waals surface area (Å²) in [6.07, 6.45) is 4.54. The number of anilines is 1. The SMILES string of the molecule is COc1cc(C=CC(=O)N2CCC(C(=O)Nc3ccccc3)CC2)cc(OC)c1OC. The van der Waals surface area contributed by atoms with Crippen molar-refractivity contribution in [1.29, 1.82) is 0 Å². The van der Waals surface area contributed by atoms with E-state index in [0.29, 0.717) is 43.2 Å². The summed E-state index contributed by atoms with van der Waals surface area (Å²) in [7, 11) is 4.64. The number of amides is 2. The number of para-hydroxylation sites is 1. The highest BCUT2D eigenvalue weighted by Gasteiger charge is 2.26. The Labute approximate surface area is 182 Å². The molecule has 0 aliphatic carbocycles. The highest BCUT2D eigenvalue weighted by molar-refractivity contribution is 5.94. The van der Waals surface area contributed by atoms with Crippen LogP contribution in [0.25, 0.3) is 6.08 Å². The van der Waals surface area contributed by atoms with Crippen molar-refractivity contribution in [2.24, 2.45) is 5.92 Å². The second-order valence-corrected chi connectivity index (χ2v) is 7.25. The summed E-state index contributed by atoms with van der Waals surface area (Å²) in [6, 6.07) is 13.0. The minimum Gasteiger partial charge on any atom is -0.493 e. The zero-order valence-electron chi connectivity index (χ0n) is 18.1. The van der Waals surface area contributed by atoms with Gasteiger partial charge < -0.3 is 24.4 Å². The molecule has 0 unspecified atom stereocenters. The average molecular weight is 424 g/mol. The van der Waals surface area contributed by atoms with Crippen LogP contribution < -0.4 is 19.5 Å². The predicted molar refractivity (Wildman–Crippen MR) is 120 cm³/mol. The average Bonchev–Trinajstić information content (AvgIpc) is 2.82. The van der Waals surface area contributed by atoms with Crippen LogP contribution in [0.15, 0.2) is 48.5 Å². The molecule has 1 N–H and O–H groups in total. The van der Waals surface area contributed by atoms with Crippen LogP contribution in [-0.4, -0.2) is 51.1 Å². The second kappa shape index (κ2) is 10.5. The van der Waals surface area contributed by atoms with E-state index >= 15 is 0 Å². The summed E-state index contributed by atoms with van der Waals surface area (Å²) >= 11 is 0. The molecular formula is C24H28N2O5. The molecule has 2 aromatic carbocycles. The smallest absolute Gasteiger partial charge is 0.246 e. The third-order valence-corrected chi connectivity index (χ3v) is 5.32. The lowest BCUT2D eigenvalue weighted by Crippen LogP contribution is -2.40. The highest BCUT2D eigenvalue weighted by atomic mass is 16.5. The van der Waals surface area contributed by atoms with Gasteiger partial charge in [0.25, 0.3) is 0 Å². The summed E-state index contributed by atoms with van der Waals surface area (Å²) < 4.78 is 16.0. The number of hydrogen-bond acceptors (Lipinski definition) is 5. The Morgan fingerprint density at radius 1 is 0.968 bits per heavy atom. The lowest BCUT2D eigenvalue weighted by molar-refractivity contribution is -0.130. The fourth-order valence-electron chi connectivity index (χ4n) is 3.60. The van der Waals surface area contributed by atoms with Gasteiger partial charge in [0.2, 0.25) is 17.6 Å². The van der Waals surface area contributed by atoms with Crippen LogP contribution >= 0.6 is 0 Å². The molecule has 2 amide bonds. The third kappa shape index (κ3) is 5.57. The van der Waals surface area contributed by atoms with Crippen LogP contribution in [0.3, 0.4) is 0 Å². The second-order valence-electron chi connectivity index (χ2n) is 7.25. The number of nitrogens with zero attached hydrogens (tertiary/aromatic N) is 1. The normalized spacial score (nSPS) is 14.4. The molecule has 1 fully saturated rings. The lowest BCUT2D eigenvalue weighted by Gasteiger charge is -2.30. The number of nitrogens with one attached hydrogen (secondary N) is 1. The molecule has 0 bridgehead atoms. The van der Waals surface area contributed by atoms with Gasteiger partial charge >= 0.3 is 0 Å². The number of carbonyl (C=O) groups is 2. The molecule has 2 aromatic rings. The largest absolute Gasteiger partial charge is 0.493 e. The van der Waals surface area contributed by atoms with Crippen molar-refractivity contribution >= 4 is 23.6 Å². The first-order valence-electron chi connectivity index (χ1n) is 10.2. The van der Waals surface area contributed by atoms with Crippen LogP contribution in [0.1, 0.15) is 18.4 Å². The van der Waals surface area contributed by atoms with Gasteiger partial charge in [0, 0.05) is 30.8 Å². The van der Waals surface area contributed by atoms with Crippen molar-refractivity contribution in [1.82, 2.24) is 4.90 Å². The van der Waals surface area contributed by atoms with E-state index in [-0.39, 0.29) is 17.7 Å². The Kier molecular flexibility index (Phi) is 7.54. The molecule has 0 aromatic heterocycles. The Hall–Kier alpha value is -3.48. The minimum atomic E-state index is -0.0941. The lowest BCUT2D eigenvalue weighted by atomic mass is 9.95. The number of hydrogen-bond donors (Lipinski definition) is 1. The zero-order valence-corrected chi connectivity index (χ0v) is 18.1. The molecule has 0 radical (unpaired) electrons. The third-order valence-electron chi connectivity index (χ3n) is 5.32. The first kappa shape index (κ1) is 22.2. The number of piperidine rings is 1. The zero-order chi connectivity index (χ0) is 22.2. The van der Waals surface area contributed by atoms with Crippen LogP contribution in [0, 0.1) is 5.92 Å². The molecule has 0 saturated carbocycles. The van der Waals surface area contributed by atoms with Gasteiger partial charge in [-0.25, -0.2) is 0 Å². The maximum atomic E-state index is 12.6. The number of methoxy groups -OCH3 is 3. The van der Waals surface area contributed by atoms with Gasteiger partial charge in [0.15, 0.2) is 11.5 Å². The molecule has 7 heteroatoms. The van der Waals surface area contributed by atoms with Crippen molar-refractivity contribution in [3.8, 4) is 17.2 Å². The molecule has 0 spiro atoms. The van der Waals surface area contributed by atoms with Gasteiger partial charge in [0.05, 0.1) is 21.3 Å². The molecule has 1 aliphatic heterocycles. The molecule has 7 nitrogen and oxygen atoms in total. The van der Waals surface area contributed by atoms with E-state index in [9.17, 15) is 9.59 Å². The summed E-state index contributed by atoms with van der Waals surface area (Å²) in [4.78, 5) is 26.9. The number of likely N-dealkylation sites (tertiary alicyclic amines) is 1. The van der Waals surface area contributed by atoms with Gasteiger partial charge in [-0.2, -0.15) is 0 Å². The highest BCUT2D eigenvalue weighted by Crippen LogP contribution is 2.38. The summed E-state index contributed by atoms with van der Waals surface area (Å²) in [5, 5.41) is 2.94. The predicted octanol–water partition coefficient (Wildman–Crippen LogP) is 3.60. The van der Waals surface area contributed by atoms with Gasteiger partial charge in [-0.1, -0.05) is 18.2 Å². The molecule has 3 rings (SSSR count). The van der Waals surface area contributed by atoms with Crippen molar-refractivity contribution in [3.05, 3.63) is 54.1 Å². The Morgan fingerprint density at radius 3 is 2.13 bits per heavy atom. The summed E-state index contributed by atoms with van der Waals surface area (Å²) in [6.45, 7) is 1.09. The molecule has 1 saturated heterocycles. The minimum absolute atomic E-state index is 0.00580. The first-order chi connectivity index (χ1) is 15.0. The van der Waals surface area contributed by atoms with E-state index < -0.39 is 0 Å². The topological polar surface area (TPSA) is 77.1 Å². The first-order valence-corrected chi connectivity index (χ1v) is 10.2. The monoisotopic (exact) mass is 424 g/mol. The number of ether oxygens (including phenoxy) is 3. The van der Waals surface area contributed by atoms with E-state index in [1.54, 1.807) is 44.4 Å². The molecular weight excluding hydrogens is 396 g/mol. The summed E-state index contributed by atoms with van der Waals surface area (Å²) in [5.41, 5.74) is 1.55. The standard InChI is InChI=1S/C24H28N2O5/c1-29-20-15-17(16-21(30-2)23(20)31-3)9-10-22(27)26-13-11-18(12-14-26)24(28)25-19-7-5-4-6-8-19/h4-10,15-16,18H,11-14H2,1-3H3,(H,25,28). The molecule has 1 aliphatic rings. The van der Waals surface area contributed by atoms with Crippen molar-refractivity contribution < 1.29 is 23.8 Å². The van der Waals surface area contributed by atoms with E-state index in [2.05, 4.69) is 5.32 Å². The van der Waals surface area contributed by atoms with Crippen LogP contribution in [0.5, 0.6) is 17.2 Å². The maximum absolute atomic E-state index is 12.6. The van der Waals surface area contributed by atoms with Gasteiger partial charge in [-0.15, -0.1) is 0 Å². The van der Waals surface area contributed by atoms with E-state index in [4.69, 9.17) is 14.2 Å². The van der Waals surface area contributed by atoms with E-state index in [1.165, 1.54) is 6.08 Å². The maximum Gasteiger partial charge on any atom is 0.246 e. The molecule has 31 heavy (non-hydrogen) atoms. The van der Waals surface area contributed by atoms with Crippen LogP contribution in [0.4, 0.5) is 5.69 Å². The van der Waals surface area contributed by atoms with Crippen molar-refractivity contribution in [2.45, 2.75) is 12.8 Å². The van der Waals surface area contributed by atoms with Gasteiger partial charge in [-0.05, 0) is 48.7 Å². The van der Waals surface area contributed by atoms with Crippen molar-refractivity contribution in [3.63, 3.8) is 0 Å². The number of rotatable bonds is 7. The Bertz CT molecular complexity index is 909. The van der Waals surface area contributed by atoms with Crippen LogP contribution in [-0.2, 0) is 9.59 Å². The van der Waals surface area contributed by atoms with Gasteiger partial charge in [-0.3, -0.25) is 9.59 Å². The number of carbonyl (C=O) groups excluding carboxylic acids is 2. The van der Waals surface area contributed by atoms with E-state index in [1.807, 2.05) is 30.3 Å².